The first kappa shape index (κ1) is 23.8. The number of rotatable bonds is 7. The molecule has 1 N–H and O–H groups in total. The molecule has 0 saturated heterocycles. The number of amides is 1. The average molecular weight is 502 g/mol. The van der Waals surface area contributed by atoms with Gasteiger partial charge in [0.2, 0.25) is 0 Å². The molecule has 0 spiro atoms. The van der Waals surface area contributed by atoms with E-state index in [1.807, 2.05) is 43.3 Å². The van der Waals surface area contributed by atoms with E-state index in [9.17, 15) is 4.79 Å². The fourth-order valence-corrected chi connectivity index (χ4v) is 4.95. The van der Waals surface area contributed by atoms with Crippen LogP contribution in [-0.4, -0.2) is 32.1 Å². The SMILES string of the molecule is C/C(=N\NC(=O)CSc1nnc(-c2ccc(Cl)cc2)n1C1CCCCC1)c1ccc(Cl)cc1. The monoisotopic (exact) mass is 501 g/mol. The number of aromatic nitrogens is 3. The predicted molar refractivity (Wildman–Crippen MR) is 135 cm³/mol. The summed E-state index contributed by atoms with van der Waals surface area (Å²) >= 11 is 13.4. The Morgan fingerprint density at radius 3 is 2.33 bits per heavy atom. The smallest absolute Gasteiger partial charge is 0.250 e. The lowest BCUT2D eigenvalue weighted by atomic mass is 9.95. The normalized spacial score (nSPS) is 14.9. The zero-order valence-electron chi connectivity index (χ0n) is 18.3. The number of thioether (sulfide) groups is 1. The van der Waals surface area contributed by atoms with Crippen LogP contribution in [0.3, 0.4) is 0 Å². The second-order valence-corrected chi connectivity index (χ2v) is 9.82. The Morgan fingerprint density at radius 2 is 1.67 bits per heavy atom. The molecule has 1 aliphatic carbocycles. The molecule has 0 unspecified atom stereocenters. The second-order valence-electron chi connectivity index (χ2n) is 8.00. The molecular weight excluding hydrogens is 477 g/mol. The topological polar surface area (TPSA) is 72.2 Å². The van der Waals surface area contributed by atoms with E-state index in [2.05, 4.69) is 25.3 Å². The molecule has 0 radical (unpaired) electrons. The lowest BCUT2D eigenvalue weighted by Crippen LogP contribution is -2.22. The lowest BCUT2D eigenvalue weighted by molar-refractivity contribution is -0.118. The van der Waals surface area contributed by atoms with Gasteiger partial charge in [0.25, 0.3) is 5.91 Å². The Bertz CT molecular complexity index is 1120. The highest BCUT2D eigenvalue weighted by atomic mass is 35.5. The number of hydrogen-bond donors (Lipinski definition) is 1. The van der Waals surface area contributed by atoms with E-state index in [1.54, 1.807) is 12.1 Å². The van der Waals surface area contributed by atoms with Crippen molar-refractivity contribution in [2.24, 2.45) is 5.10 Å². The van der Waals surface area contributed by atoms with E-state index in [4.69, 9.17) is 23.2 Å². The Hall–Kier alpha value is -2.35. The minimum absolute atomic E-state index is 0.195. The van der Waals surface area contributed by atoms with E-state index in [0.717, 1.165) is 34.9 Å². The molecule has 33 heavy (non-hydrogen) atoms. The minimum atomic E-state index is -0.195. The number of benzene rings is 2. The van der Waals surface area contributed by atoms with Crippen LogP contribution in [0.1, 0.15) is 50.6 Å². The highest BCUT2D eigenvalue weighted by molar-refractivity contribution is 7.99. The molecular formula is C24H25Cl2N5OS. The molecule has 172 valence electrons. The first-order valence-corrected chi connectivity index (χ1v) is 12.7. The van der Waals surface area contributed by atoms with Crippen molar-refractivity contribution in [3.8, 4) is 11.4 Å². The zero-order valence-corrected chi connectivity index (χ0v) is 20.6. The molecule has 1 aliphatic rings. The largest absolute Gasteiger partial charge is 0.299 e. The van der Waals surface area contributed by atoms with E-state index >= 15 is 0 Å². The third-order valence-electron chi connectivity index (χ3n) is 5.65. The molecule has 0 bridgehead atoms. The molecule has 3 aromatic rings. The second kappa shape index (κ2) is 11.2. The Balaban J connectivity index is 1.47. The maximum atomic E-state index is 12.5. The van der Waals surface area contributed by atoms with E-state index < -0.39 is 0 Å². The lowest BCUT2D eigenvalue weighted by Gasteiger charge is -2.25. The van der Waals surface area contributed by atoms with Gasteiger partial charge in [0.05, 0.1) is 11.5 Å². The Morgan fingerprint density at radius 1 is 1.03 bits per heavy atom. The fourth-order valence-electron chi connectivity index (χ4n) is 3.90. The predicted octanol–water partition coefficient (Wildman–Crippen LogP) is 6.39. The van der Waals surface area contributed by atoms with Gasteiger partial charge in [-0.05, 0) is 61.7 Å². The third-order valence-corrected chi connectivity index (χ3v) is 7.10. The van der Waals surface area contributed by atoms with Gasteiger partial charge in [0, 0.05) is 21.7 Å². The summed E-state index contributed by atoms with van der Waals surface area (Å²) in [5.74, 6) is 0.820. The van der Waals surface area contributed by atoms with Crippen LogP contribution in [0.4, 0.5) is 0 Å². The molecule has 0 atom stereocenters. The highest BCUT2D eigenvalue weighted by Gasteiger charge is 2.24. The first-order chi connectivity index (χ1) is 16.0. The molecule has 1 amide bonds. The number of nitrogens with one attached hydrogen (secondary N) is 1. The first-order valence-electron chi connectivity index (χ1n) is 10.9. The highest BCUT2D eigenvalue weighted by Crippen LogP contribution is 2.35. The average Bonchev–Trinajstić information content (AvgIpc) is 3.26. The summed E-state index contributed by atoms with van der Waals surface area (Å²) in [5.41, 5.74) is 5.21. The molecule has 1 saturated carbocycles. The zero-order chi connectivity index (χ0) is 23.2. The van der Waals surface area contributed by atoms with Crippen molar-refractivity contribution in [2.45, 2.75) is 50.2 Å². The number of hydrazone groups is 1. The fraction of sp³-hybridized carbons (Fsp3) is 0.333. The molecule has 4 rings (SSSR count). The van der Waals surface area contributed by atoms with Gasteiger partial charge in [-0.15, -0.1) is 10.2 Å². The molecule has 1 aromatic heterocycles. The van der Waals surface area contributed by atoms with Gasteiger partial charge in [-0.2, -0.15) is 5.10 Å². The van der Waals surface area contributed by atoms with Gasteiger partial charge >= 0.3 is 0 Å². The van der Waals surface area contributed by atoms with Crippen LogP contribution in [0.25, 0.3) is 11.4 Å². The van der Waals surface area contributed by atoms with Crippen molar-refractivity contribution in [1.29, 1.82) is 0 Å². The summed E-state index contributed by atoms with van der Waals surface area (Å²) in [4.78, 5) is 12.5. The van der Waals surface area contributed by atoms with Crippen LogP contribution in [0.5, 0.6) is 0 Å². The van der Waals surface area contributed by atoms with Crippen molar-refractivity contribution in [3.05, 3.63) is 64.1 Å². The number of carbonyl (C=O) groups is 1. The van der Waals surface area contributed by atoms with Crippen molar-refractivity contribution in [1.82, 2.24) is 20.2 Å². The van der Waals surface area contributed by atoms with Gasteiger partial charge in [0.15, 0.2) is 11.0 Å². The van der Waals surface area contributed by atoms with Crippen LogP contribution in [0, 0.1) is 0 Å². The quantitative estimate of drug-likeness (QED) is 0.231. The maximum Gasteiger partial charge on any atom is 0.250 e. The maximum absolute atomic E-state index is 12.5. The summed E-state index contributed by atoms with van der Waals surface area (Å²) < 4.78 is 2.20. The molecule has 0 aliphatic heterocycles. The number of halogens is 2. The van der Waals surface area contributed by atoms with Crippen LogP contribution in [0.2, 0.25) is 10.0 Å². The van der Waals surface area contributed by atoms with Gasteiger partial charge in [-0.1, -0.05) is 66.4 Å². The van der Waals surface area contributed by atoms with E-state index in [0.29, 0.717) is 21.8 Å². The van der Waals surface area contributed by atoms with Crippen LogP contribution >= 0.6 is 35.0 Å². The standard InChI is InChI=1S/C24H25Cl2N5OS/c1-16(17-7-11-19(25)12-8-17)27-28-22(32)15-33-24-30-29-23(18-9-13-20(26)14-10-18)31(24)21-5-3-2-4-6-21/h7-14,21H,2-6,15H2,1H3,(H,28,32)/b27-16+. The number of hydrogen-bond acceptors (Lipinski definition) is 5. The summed E-state index contributed by atoms with van der Waals surface area (Å²) in [6.45, 7) is 1.84. The molecule has 2 aromatic carbocycles. The Kier molecular flexibility index (Phi) is 8.06. The van der Waals surface area contributed by atoms with Gasteiger partial charge in [-0.25, -0.2) is 5.43 Å². The van der Waals surface area contributed by atoms with E-state index in [1.165, 1.54) is 31.0 Å². The molecule has 1 fully saturated rings. The van der Waals surface area contributed by atoms with Crippen molar-refractivity contribution >= 4 is 46.6 Å². The van der Waals surface area contributed by atoms with Crippen molar-refractivity contribution < 1.29 is 4.79 Å². The van der Waals surface area contributed by atoms with Crippen LogP contribution in [0.15, 0.2) is 58.8 Å². The minimum Gasteiger partial charge on any atom is -0.299 e. The van der Waals surface area contributed by atoms with Gasteiger partial charge < -0.3 is 0 Å². The summed E-state index contributed by atoms with van der Waals surface area (Å²) in [5, 5.41) is 15.2. The van der Waals surface area contributed by atoms with Crippen molar-refractivity contribution in [3.63, 3.8) is 0 Å². The molecule has 9 heteroatoms. The third kappa shape index (κ3) is 6.16. The summed E-state index contributed by atoms with van der Waals surface area (Å²) in [6, 6.07) is 15.3. The van der Waals surface area contributed by atoms with Gasteiger partial charge in [-0.3, -0.25) is 9.36 Å². The van der Waals surface area contributed by atoms with Crippen LogP contribution < -0.4 is 5.43 Å². The van der Waals surface area contributed by atoms with E-state index in [-0.39, 0.29) is 11.7 Å². The summed E-state index contributed by atoms with van der Waals surface area (Å²) in [6.07, 6.45) is 5.80. The number of carbonyl (C=O) groups excluding carboxylic acids is 1. The summed E-state index contributed by atoms with van der Waals surface area (Å²) in [7, 11) is 0. The van der Waals surface area contributed by atoms with Gasteiger partial charge in [0.1, 0.15) is 0 Å². The van der Waals surface area contributed by atoms with Crippen LogP contribution in [-0.2, 0) is 4.79 Å². The molecule has 1 heterocycles. The molecule has 6 nitrogen and oxygen atoms in total. The number of nitrogens with zero attached hydrogens (tertiary/aromatic N) is 4. The Labute approximate surface area is 207 Å². The van der Waals surface area contributed by atoms with Crippen molar-refractivity contribution in [2.75, 3.05) is 5.75 Å².